The minimum absolute atomic E-state index is 0.195. The van der Waals surface area contributed by atoms with Gasteiger partial charge in [0.1, 0.15) is 5.60 Å². The van der Waals surface area contributed by atoms with Crippen molar-refractivity contribution in [1.82, 2.24) is 5.32 Å². The van der Waals surface area contributed by atoms with Gasteiger partial charge in [-0.25, -0.2) is 4.79 Å². The lowest BCUT2D eigenvalue weighted by Crippen LogP contribution is -2.50. The van der Waals surface area contributed by atoms with Gasteiger partial charge >= 0.3 is 6.09 Å². The summed E-state index contributed by atoms with van der Waals surface area (Å²) in [5.74, 6) is 0.570. The molecule has 2 unspecified atom stereocenters. The van der Waals surface area contributed by atoms with Gasteiger partial charge in [-0.1, -0.05) is 39.0 Å². The molecule has 1 saturated heterocycles. The van der Waals surface area contributed by atoms with Crippen molar-refractivity contribution in [2.45, 2.75) is 128 Å². The smallest absolute Gasteiger partial charge is 0.407 e. The van der Waals surface area contributed by atoms with E-state index in [2.05, 4.69) is 5.32 Å². The predicted octanol–water partition coefficient (Wildman–Crippen LogP) is 4.92. The lowest BCUT2D eigenvalue weighted by Gasteiger charge is -2.36. The Labute approximate surface area is 177 Å². The number of aliphatic hydroxyl groups is 1. The molecule has 0 bridgehead atoms. The largest absolute Gasteiger partial charge is 0.444 e. The SMILES string of the molecule is CCC(O)C[C@H](OC1CCCCO1)[C@H](CC1CCCCC1)NC(=O)OC(C)(C)C. The first-order valence-corrected chi connectivity index (χ1v) is 11.7. The minimum atomic E-state index is -0.550. The van der Waals surface area contributed by atoms with E-state index in [1.54, 1.807) is 0 Å². The molecule has 170 valence electrons. The van der Waals surface area contributed by atoms with Crippen LogP contribution in [0, 0.1) is 5.92 Å². The van der Waals surface area contributed by atoms with Gasteiger partial charge in [-0.2, -0.15) is 0 Å². The molecular weight excluding hydrogens is 370 g/mol. The number of aliphatic hydroxyl groups excluding tert-OH is 1. The highest BCUT2D eigenvalue weighted by molar-refractivity contribution is 5.68. The van der Waals surface area contributed by atoms with E-state index in [0.29, 0.717) is 25.4 Å². The Morgan fingerprint density at radius 1 is 1.14 bits per heavy atom. The molecule has 0 aromatic carbocycles. The molecular formula is C23H43NO5. The number of hydrogen-bond donors (Lipinski definition) is 2. The zero-order valence-electron chi connectivity index (χ0n) is 19.0. The average molecular weight is 414 g/mol. The average Bonchev–Trinajstić information content (AvgIpc) is 2.67. The molecule has 1 aliphatic heterocycles. The summed E-state index contributed by atoms with van der Waals surface area (Å²) in [4.78, 5) is 12.6. The number of alkyl carbamates (subject to hydrolysis) is 1. The fourth-order valence-electron chi connectivity index (χ4n) is 4.31. The molecule has 1 amide bonds. The molecule has 6 heteroatoms. The first kappa shape index (κ1) is 24.4. The molecule has 0 radical (unpaired) electrons. The maximum Gasteiger partial charge on any atom is 0.407 e. The van der Waals surface area contributed by atoms with Crippen LogP contribution >= 0.6 is 0 Å². The van der Waals surface area contributed by atoms with E-state index in [0.717, 1.165) is 25.7 Å². The van der Waals surface area contributed by atoms with Crippen molar-refractivity contribution < 1.29 is 24.1 Å². The van der Waals surface area contributed by atoms with E-state index < -0.39 is 17.8 Å². The number of rotatable bonds is 9. The fraction of sp³-hybridized carbons (Fsp3) is 0.957. The molecule has 6 nitrogen and oxygen atoms in total. The molecule has 0 aromatic rings. The van der Waals surface area contributed by atoms with Crippen LogP contribution in [0.5, 0.6) is 0 Å². The third-order valence-corrected chi connectivity index (χ3v) is 5.90. The third-order valence-electron chi connectivity index (χ3n) is 5.90. The molecule has 2 fully saturated rings. The number of carbonyl (C=O) groups excluding carboxylic acids is 1. The van der Waals surface area contributed by atoms with Crippen LogP contribution in [0.1, 0.15) is 98.3 Å². The van der Waals surface area contributed by atoms with Crippen LogP contribution in [0.15, 0.2) is 0 Å². The molecule has 29 heavy (non-hydrogen) atoms. The van der Waals surface area contributed by atoms with Gasteiger partial charge in [-0.05, 0) is 58.8 Å². The first-order chi connectivity index (χ1) is 13.8. The van der Waals surface area contributed by atoms with Crippen LogP contribution in [-0.2, 0) is 14.2 Å². The van der Waals surface area contributed by atoms with Gasteiger partial charge in [0.15, 0.2) is 6.29 Å². The molecule has 2 rings (SSSR count). The van der Waals surface area contributed by atoms with Gasteiger partial charge in [0.25, 0.3) is 0 Å². The highest BCUT2D eigenvalue weighted by atomic mass is 16.7. The van der Waals surface area contributed by atoms with Crippen molar-refractivity contribution in [2.75, 3.05) is 6.61 Å². The van der Waals surface area contributed by atoms with Gasteiger partial charge in [0.2, 0.25) is 0 Å². The highest BCUT2D eigenvalue weighted by Gasteiger charge is 2.33. The molecule has 0 aromatic heterocycles. The standard InChI is InChI=1S/C23H43NO5/c1-5-18(25)16-20(28-21-13-9-10-14-27-21)19(15-17-11-7-6-8-12-17)24-22(26)29-23(2,3)4/h17-21,25H,5-16H2,1-4H3,(H,24,26)/t18?,19-,20-,21?/m0/s1. The van der Waals surface area contributed by atoms with Crippen molar-refractivity contribution >= 4 is 6.09 Å². The monoisotopic (exact) mass is 413 g/mol. The lowest BCUT2D eigenvalue weighted by atomic mass is 9.83. The zero-order chi connectivity index (χ0) is 21.3. The summed E-state index contributed by atoms with van der Waals surface area (Å²) in [6, 6.07) is -0.195. The van der Waals surface area contributed by atoms with E-state index in [1.807, 2.05) is 27.7 Å². The third kappa shape index (κ3) is 9.67. The molecule has 4 atom stereocenters. The summed E-state index contributed by atoms with van der Waals surface area (Å²) < 4.78 is 17.7. The predicted molar refractivity (Wildman–Crippen MR) is 114 cm³/mol. The van der Waals surface area contributed by atoms with Crippen LogP contribution in [0.25, 0.3) is 0 Å². The van der Waals surface area contributed by atoms with E-state index in [-0.39, 0.29) is 18.4 Å². The van der Waals surface area contributed by atoms with Gasteiger partial charge in [0, 0.05) is 13.0 Å². The molecule has 1 saturated carbocycles. The van der Waals surface area contributed by atoms with Gasteiger partial charge < -0.3 is 24.6 Å². The zero-order valence-corrected chi connectivity index (χ0v) is 19.0. The quantitative estimate of drug-likeness (QED) is 0.561. The van der Waals surface area contributed by atoms with Crippen LogP contribution in [0.4, 0.5) is 4.79 Å². The van der Waals surface area contributed by atoms with Gasteiger partial charge in [-0.15, -0.1) is 0 Å². The molecule has 2 N–H and O–H groups in total. The van der Waals surface area contributed by atoms with Crippen LogP contribution in [-0.4, -0.2) is 47.9 Å². The van der Waals surface area contributed by atoms with Crippen molar-refractivity contribution in [1.29, 1.82) is 0 Å². The second-order valence-electron chi connectivity index (χ2n) is 9.76. The number of hydrogen-bond acceptors (Lipinski definition) is 5. The summed E-state index contributed by atoms with van der Waals surface area (Å²) in [6.07, 6.45) is 9.76. The number of carbonyl (C=O) groups is 1. The van der Waals surface area contributed by atoms with Crippen LogP contribution in [0.3, 0.4) is 0 Å². The minimum Gasteiger partial charge on any atom is -0.444 e. The topological polar surface area (TPSA) is 77.0 Å². The molecule has 0 spiro atoms. The van der Waals surface area contributed by atoms with Crippen LogP contribution < -0.4 is 5.32 Å². The summed E-state index contributed by atoms with van der Waals surface area (Å²) in [5.41, 5.74) is -0.550. The molecule has 1 heterocycles. The first-order valence-electron chi connectivity index (χ1n) is 11.7. The van der Waals surface area contributed by atoms with Crippen molar-refractivity contribution in [3.63, 3.8) is 0 Å². The Morgan fingerprint density at radius 3 is 2.41 bits per heavy atom. The Kier molecular flexibility index (Phi) is 10.2. The summed E-state index contributed by atoms with van der Waals surface area (Å²) in [6.45, 7) is 8.28. The van der Waals surface area contributed by atoms with E-state index in [9.17, 15) is 9.90 Å². The Balaban J connectivity index is 2.11. The molecule has 2 aliphatic rings. The van der Waals surface area contributed by atoms with Crippen molar-refractivity contribution in [3.05, 3.63) is 0 Å². The van der Waals surface area contributed by atoms with Crippen molar-refractivity contribution in [2.24, 2.45) is 5.92 Å². The second kappa shape index (κ2) is 12.1. The lowest BCUT2D eigenvalue weighted by molar-refractivity contribution is -0.199. The summed E-state index contributed by atoms with van der Waals surface area (Å²) in [7, 11) is 0. The highest BCUT2D eigenvalue weighted by Crippen LogP contribution is 2.30. The number of amides is 1. The normalized spacial score (nSPS) is 24.5. The number of ether oxygens (including phenoxy) is 3. The summed E-state index contributed by atoms with van der Waals surface area (Å²) in [5, 5.41) is 13.5. The Morgan fingerprint density at radius 2 is 1.83 bits per heavy atom. The second-order valence-corrected chi connectivity index (χ2v) is 9.76. The van der Waals surface area contributed by atoms with Gasteiger partial charge in [0.05, 0.1) is 18.2 Å². The molecule has 1 aliphatic carbocycles. The fourth-order valence-corrected chi connectivity index (χ4v) is 4.31. The Hall–Kier alpha value is -0.850. The van der Waals surface area contributed by atoms with Crippen molar-refractivity contribution in [3.8, 4) is 0 Å². The van der Waals surface area contributed by atoms with Gasteiger partial charge in [-0.3, -0.25) is 0 Å². The maximum atomic E-state index is 12.6. The van der Waals surface area contributed by atoms with Crippen LogP contribution in [0.2, 0.25) is 0 Å². The number of nitrogens with one attached hydrogen (secondary N) is 1. The van der Waals surface area contributed by atoms with E-state index >= 15 is 0 Å². The summed E-state index contributed by atoms with van der Waals surface area (Å²) >= 11 is 0. The Bertz CT molecular complexity index is 466. The maximum absolute atomic E-state index is 12.6. The van der Waals surface area contributed by atoms with E-state index in [1.165, 1.54) is 32.1 Å². The van der Waals surface area contributed by atoms with E-state index in [4.69, 9.17) is 14.2 Å².